The fourth-order valence-corrected chi connectivity index (χ4v) is 5.84. The van der Waals surface area contributed by atoms with Crippen molar-refractivity contribution in [2.24, 2.45) is 9.98 Å². The Hall–Kier alpha value is -3.01. The maximum atomic E-state index is 13.1. The van der Waals surface area contributed by atoms with Crippen molar-refractivity contribution in [2.75, 3.05) is 19.8 Å². The second-order valence-corrected chi connectivity index (χ2v) is 11.0. The van der Waals surface area contributed by atoms with Crippen LogP contribution in [-0.2, 0) is 16.1 Å². The number of carbonyl (C=O) groups is 2. The Kier molecular flexibility index (Phi) is 8.79. The van der Waals surface area contributed by atoms with Gasteiger partial charge < -0.3 is 20.3 Å². The van der Waals surface area contributed by atoms with Gasteiger partial charge in [-0.05, 0) is 52.0 Å². The molecule has 0 radical (unpaired) electrons. The van der Waals surface area contributed by atoms with Crippen LogP contribution in [0.15, 0.2) is 45.3 Å². The van der Waals surface area contributed by atoms with Crippen LogP contribution in [0.5, 0.6) is 0 Å². The number of rotatable bonds is 7. The second kappa shape index (κ2) is 12.0. The fourth-order valence-electron chi connectivity index (χ4n) is 4.41. The third kappa shape index (κ3) is 6.66. The van der Waals surface area contributed by atoms with Gasteiger partial charge in [-0.1, -0.05) is 41.4 Å². The lowest BCUT2D eigenvalue weighted by Gasteiger charge is -2.20. The highest BCUT2D eigenvalue weighted by molar-refractivity contribution is 7.13. The van der Waals surface area contributed by atoms with Crippen LogP contribution in [0.25, 0.3) is 5.70 Å². The number of hydrogen-bond acceptors (Lipinski definition) is 5. The summed E-state index contributed by atoms with van der Waals surface area (Å²) in [5, 5.41) is 6.72. The minimum atomic E-state index is -0.192. The molecular formula is C27H32ClN5O3S. The van der Waals surface area contributed by atoms with Crippen LogP contribution in [0.2, 0.25) is 0 Å². The summed E-state index contributed by atoms with van der Waals surface area (Å²) in [7, 11) is 0. The quantitative estimate of drug-likeness (QED) is 0.394. The van der Waals surface area contributed by atoms with Crippen LogP contribution in [0.3, 0.4) is 0 Å². The first-order valence-electron chi connectivity index (χ1n) is 12.3. The lowest BCUT2D eigenvalue weighted by molar-refractivity contribution is -0.122. The van der Waals surface area contributed by atoms with Gasteiger partial charge in [0.15, 0.2) is 0 Å². The third-order valence-corrected chi connectivity index (χ3v) is 7.71. The van der Waals surface area contributed by atoms with Crippen LogP contribution in [0.4, 0.5) is 0 Å². The van der Waals surface area contributed by atoms with E-state index in [1.54, 1.807) is 11.8 Å². The SMILES string of the molecule is C=NC(=NC1CCOCC1)N/C(=C(\C)Cl)c1cc2c(s1)CN(CC(=O)N[C@H](C)c1cccc(C)c1)C2=O. The minimum Gasteiger partial charge on any atom is -0.381 e. The predicted molar refractivity (Wildman–Crippen MR) is 149 cm³/mol. The number of amides is 2. The minimum absolute atomic E-state index is 0.00347. The van der Waals surface area contributed by atoms with E-state index in [-0.39, 0.29) is 30.4 Å². The Morgan fingerprint density at radius 3 is 2.73 bits per heavy atom. The Bertz CT molecular complexity index is 1240. The van der Waals surface area contributed by atoms with Crippen molar-refractivity contribution < 1.29 is 14.3 Å². The van der Waals surface area contributed by atoms with E-state index in [9.17, 15) is 9.59 Å². The van der Waals surface area contributed by atoms with Crippen molar-refractivity contribution >= 4 is 53.1 Å². The molecule has 0 aliphatic carbocycles. The number of nitrogens with zero attached hydrogens (tertiary/aromatic N) is 3. The van der Waals surface area contributed by atoms with Gasteiger partial charge in [-0.2, -0.15) is 0 Å². The zero-order valence-corrected chi connectivity index (χ0v) is 22.9. The molecule has 0 unspecified atom stereocenters. The van der Waals surface area contributed by atoms with E-state index in [1.165, 1.54) is 11.3 Å². The summed E-state index contributed by atoms with van der Waals surface area (Å²) in [6.07, 6.45) is 1.66. The molecular weight excluding hydrogens is 510 g/mol. The molecule has 8 nitrogen and oxygen atoms in total. The highest BCUT2D eigenvalue weighted by Gasteiger charge is 2.32. The summed E-state index contributed by atoms with van der Waals surface area (Å²) >= 11 is 7.89. The zero-order chi connectivity index (χ0) is 26.5. The Morgan fingerprint density at radius 2 is 2.08 bits per heavy atom. The number of fused-ring (bicyclic) bond motifs is 1. The van der Waals surface area contributed by atoms with Crippen LogP contribution in [0.1, 0.15) is 64.0 Å². The molecule has 1 aromatic carbocycles. The smallest absolute Gasteiger partial charge is 0.255 e. The molecule has 0 bridgehead atoms. The van der Waals surface area contributed by atoms with Crippen LogP contribution < -0.4 is 10.6 Å². The summed E-state index contributed by atoms with van der Waals surface area (Å²) < 4.78 is 5.40. The number of halogens is 1. The second-order valence-electron chi connectivity index (χ2n) is 9.30. The van der Waals surface area contributed by atoms with Gasteiger partial charge in [0, 0.05) is 23.1 Å². The number of carbonyl (C=O) groups excluding carboxylic acids is 2. The first-order chi connectivity index (χ1) is 17.7. The maximum Gasteiger partial charge on any atom is 0.255 e. The van der Waals surface area contributed by atoms with Crippen LogP contribution >= 0.6 is 22.9 Å². The third-order valence-electron chi connectivity index (χ3n) is 6.39. The zero-order valence-electron chi connectivity index (χ0n) is 21.3. The number of hydrogen-bond donors (Lipinski definition) is 2. The number of guanidine groups is 1. The lowest BCUT2D eigenvalue weighted by Crippen LogP contribution is -2.38. The average Bonchev–Trinajstić information content (AvgIpc) is 3.40. The number of ether oxygens (including phenoxy) is 1. The number of nitrogens with one attached hydrogen (secondary N) is 2. The van der Waals surface area contributed by atoms with E-state index < -0.39 is 0 Å². The molecule has 2 aromatic rings. The highest BCUT2D eigenvalue weighted by atomic mass is 35.5. The molecule has 2 aliphatic heterocycles. The molecule has 1 aromatic heterocycles. The van der Waals surface area contributed by atoms with Crippen LogP contribution in [0, 0.1) is 6.92 Å². The maximum absolute atomic E-state index is 13.1. The first-order valence-corrected chi connectivity index (χ1v) is 13.5. The number of aryl methyl sites for hydroxylation is 1. The summed E-state index contributed by atoms with van der Waals surface area (Å²) in [4.78, 5) is 37.8. The molecule has 2 amide bonds. The van der Waals surface area contributed by atoms with Crippen molar-refractivity contribution in [1.29, 1.82) is 0 Å². The monoisotopic (exact) mass is 541 g/mol. The molecule has 0 saturated carbocycles. The molecule has 10 heteroatoms. The Labute approximate surface area is 226 Å². The predicted octanol–water partition coefficient (Wildman–Crippen LogP) is 4.64. The first kappa shape index (κ1) is 27.0. The topological polar surface area (TPSA) is 95.4 Å². The number of benzene rings is 1. The molecule has 4 rings (SSSR count). The molecule has 37 heavy (non-hydrogen) atoms. The van der Waals surface area contributed by atoms with Crippen LogP contribution in [-0.4, -0.2) is 55.2 Å². The highest BCUT2D eigenvalue weighted by Crippen LogP contribution is 2.35. The van der Waals surface area contributed by atoms with Gasteiger partial charge in [0.25, 0.3) is 5.91 Å². The standard InChI is InChI=1S/C27H32ClN5O3S/c1-16-6-5-7-19(12-16)18(3)30-24(34)15-33-14-23-21(26(33)35)13-22(37-23)25(17(2)28)32-27(29-4)31-20-8-10-36-11-9-20/h5-7,12-13,18,20H,4,8-11,14-15H2,1-3H3,(H,30,34)(H,31,32)/b25-17+/t18-/m1/s1. The Morgan fingerprint density at radius 1 is 1.32 bits per heavy atom. The molecule has 1 saturated heterocycles. The number of allylic oxidation sites excluding steroid dienone is 1. The van der Waals surface area contributed by atoms with Crippen molar-refractivity contribution in [3.05, 3.63) is 61.8 Å². The molecule has 3 heterocycles. The average molecular weight is 542 g/mol. The van der Waals surface area contributed by atoms with Gasteiger partial charge in [-0.3, -0.25) is 9.59 Å². The molecule has 1 fully saturated rings. The van der Waals surface area contributed by atoms with E-state index in [0.29, 0.717) is 42.0 Å². The van der Waals surface area contributed by atoms with E-state index in [1.807, 2.05) is 44.2 Å². The fraction of sp³-hybridized carbons (Fsp3) is 0.407. The van der Waals surface area contributed by atoms with Crippen molar-refractivity contribution in [3.8, 4) is 0 Å². The molecule has 196 valence electrons. The lowest BCUT2D eigenvalue weighted by atomic mass is 10.1. The van der Waals surface area contributed by atoms with E-state index in [2.05, 4.69) is 27.3 Å². The molecule has 0 spiro atoms. The van der Waals surface area contributed by atoms with Crippen molar-refractivity contribution in [3.63, 3.8) is 0 Å². The molecule has 2 aliphatic rings. The van der Waals surface area contributed by atoms with Crippen molar-refractivity contribution in [2.45, 2.75) is 52.2 Å². The van der Waals surface area contributed by atoms with Gasteiger partial charge in [-0.15, -0.1) is 11.3 Å². The summed E-state index contributed by atoms with van der Waals surface area (Å²) in [5.74, 6) is 0.0331. The Balaban J connectivity index is 1.41. The van der Waals surface area contributed by atoms with E-state index in [0.717, 1.165) is 33.7 Å². The van der Waals surface area contributed by atoms with E-state index in [4.69, 9.17) is 16.3 Å². The largest absolute Gasteiger partial charge is 0.381 e. The summed E-state index contributed by atoms with van der Waals surface area (Å²) in [5.41, 5.74) is 3.39. The van der Waals surface area contributed by atoms with E-state index >= 15 is 0 Å². The van der Waals surface area contributed by atoms with Gasteiger partial charge in [0.1, 0.15) is 6.54 Å². The van der Waals surface area contributed by atoms with Gasteiger partial charge in [0.2, 0.25) is 11.9 Å². The number of aliphatic imine (C=N–C) groups is 2. The van der Waals surface area contributed by atoms with Gasteiger partial charge >= 0.3 is 0 Å². The number of thiophene rings is 1. The molecule has 2 N–H and O–H groups in total. The van der Waals surface area contributed by atoms with Gasteiger partial charge in [-0.25, -0.2) is 9.98 Å². The summed E-state index contributed by atoms with van der Waals surface area (Å²) in [6, 6.07) is 9.80. The molecule has 1 atom stereocenters. The van der Waals surface area contributed by atoms with Crippen molar-refractivity contribution in [1.82, 2.24) is 15.5 Å². The van der Waals surface area contributed by atoms with Gasteiger partial charge in [0.05, 0.1) is 34.8 Å². The normalized spacial score (nSPS) is 17.8. The summed E-state index contributed by atoms with van der Waals surface area (Å²) in [6.45, 7) is 11.1.